The van der Waals surface area contributed by atoms with Gasteiger partial charge in [0.2, 0.25) is 0 Å². The van der Waals surface area contributed by atoms with Crippen LogP contribution in [0.4, 0.5) is 0 Å². The van der Waals surface area contributed by atoms with E-state index in [-0.39, 0.29) is 10.8 Å². The van der Waals surface area contributed by atoms with E-state index in [2.05, 4.69) is 0 Å². The van der Waals surface area contributed by atoms with Gasteiger partial charge in [0.1, 0.15) is 0 Å². The number of hydrogen-bond acceptors (Lipinski definition) is 4. The molecule has 1 saturated heterocycles. The quantitative estimate of drug-likeness (QED) is 0.886. The fourth-order valence-electron chi connectivity index (χ4n) is 2.42. The van der Waals surface area contributed by atoms with Crippen LogP contribution in [0.25, 0.3) is 0 Å². The van der Waals surface area contributed by atoms with Gasteiger partial charge in [0, 0.05) is 24.9 Å². The van der Waals surface area contributed by atoms with E-state index >= 15 is 0 Å². The molecule has 0 spiro atoms. The molecule has 1 aliphatic heterocycles. The summed E-state index contributed by atoms with van der Waals surface area (Å²) in [7, 11) is -3.25. The Bertz CT molecular complexity index is 605. The lowest BCUT2D eigenvalue weighted by Gasteiger charge is -2.36. The third-order valence-electron chi connectivity index (χ3n) is 3.49. The van der Waals surface area contributed by atoms with Gasteiger partial charge in [0.25, 0.3) is 5.91 Å². The molecule has 1 amide bonds. The first-order valence-corrected chi connectivity index (χ1v) is 8.40. The van der Waals surface area contributed by atoms with E-state index in [1.165, 1.54) is 24.3 Å². The fraction of sp³-hybridized carbons (Fsp3) is 0.500. The molecule has 1 aromatic carbocycles. The second-order valence-electron chi connectivity index (χ2n) is 5.62. The molecule has 1 unspecified atom stereocenters. The Morgan fingerprint density at radius 3 is 2.40 bits per heavy atom. The lowest BCUT2D eigenvalue weighted by Crippen LogP contribution is -2.48. The predicted molar refractivity (Wildman–Crippen MR) is 75.3 cm³/mol. The van der Waals surface area contributed by atoms with Crippen molar-refractivity contribution < 1.29 is 18.3 Å². The van der Waals surface area contributed by atoms with Crippen LogP contribution in [-0.4, -0.2) is 49.3 Å². The minimum absolute atomic E-state index is 0.176. The number of sulfone groups is 1. The highest BCUT2D eigenvalue weighted by Crippen LogP contribution is 2.22. The second kappa shape index (κ2) is 5.18. The van der Waals surface area contributed by atoms with Crippen LogP contribution in [0.15, 0.2) is 29.2 Å². The van der Waals surface area contributed by atoms with Crippen LogP contribution >= 0.6 is 0 Å². The molecule has 0 aliphatic carbocycles. The molecule has 1 fully saturated rings. The van der Waals surface area contributed by atoms with Gasteiger partial charge in [-0.1, -0.05) is 0 Å². The molecular formula is C14H19NO4S. The standard InChI is InChI=1S/C14H19NO4S/c1-14(17)8-3-9-15(10-14)13(16)11-4-6-12(7-5-11)20(2,18)19/h4-7,17H,3,8-10H2,1-2H3. The van der Waals surface area contributed by atoms with Crippen molar-refractivity contribution in [1.29, 1.82) is 0 Å². The molecule has 0 aromatic heterocycles. The number of carbonyl (C=O) groups excluding carboxylic acids is 1. The van der Waals surface area contributed by atoms with E-state index in [1.54, 1.807) is 11.8 Å². The number of likely N-dealkylation sites (tertiary alicyclic amines) is 1. The summed E-state index contributed by atoms with van der Waals surface area (Å²) < 4.78 is 22.7. The molecule has 20 heavy (non-hydrogen) atoms. The molecule has 110 valence electrons. The Morgan fingerprint density at radius 1 is 1.30 bits per heavy atom. The summed E-state index contributed by atoms with van der Waals surface area (Å²) >= 11 is 0. The smallest absolute Gasteiger partial charge is 0.253 e. The summed E-state index contributed by atoms with van der Waals surface area (Å²) in [4.78, 5) is 14.1. The van der Waals surface area contributed by atoms with Crippen LogP contribution in [-0.2, 0) is 9.84 Å². The van der Waals surface area contributed by atoms with Gasteiger partial charge in [-0.3, -0.25) is 4.79 Å². The first kappa shape index (κ1) is 15.0. The Labute approximate surface area is 119 Å². The number of benzene rings is 1. The third-order valence-corrected chi connectivity index (χ3v) is 4.62. The lowest BCUT2D eigenvalue weighted by atomic mass is 9.94. The van der Waals surface area contributed by atoms with Gasteiger partial charge in [-0.2, -0.15) is 0 Å². The minimum atomic E-state index is -3.25. The van der Waals surface area contributed by atoms with E-state index in [0.29, 0.717) is 25.1 Å². The van der Waals surface area contributed by atoms with Crippen molar-refractivity contribution in [3.05, 3.63) is 29.8 Å². The van der Waals surface area contributed by atoms with Crippen molar-refractivity contribution in [3.8, 4) is 0 Å². The molecule has 1 heterocycles. The number of hydrogen-bond donors (Lipinski definition) is 1. The van der Waals surface area contributed by atoms with Gasteiger partial charge >= 0.3 is 0 Å². The van der Waals surface area contributed by atoms with Crippen molar-refractivity contribution in [3.63, 3.8) is 0 Å². The number of rotatable bonds is 2. The van der Waals surface area contributed by atoms with Crippen molar-refractivity contribution in [2.75, 3.05) is 19.3 Å². The molecule has 1 aliphatic rings. The molecule has 0 bridgehead atoms. The van der Waals surface area contributed by atoms with Crippen LogP contribution in [0, 0.1) is 0 Å². The molecule has 1 atom stereocenters. The summed E-state index contributed by atoms with van der Waals surface area (Å²) in [5.41, 5.74) is -0.407. The van der Waals surface area contributed by atoms with Crippen molar-refractivity contribution in [1.82, 2.24) is 4.90 Å². The fourth-order valence-corrected chi connectivity index (χ4v) is 3.05. The zero-order valence-corrected chi connectivity index (χ0v) is 12.5. The topological polar surface area (TPSA) is 74.7 Å². The van der Waals surface area contributed by atoms with E-state index in [9.17, 15) is 18.3 Å². The highest BCUT2D eigenvalue weighted by atomic mass is 32.2. The second-order valence-corrected chi connectivity index (χ2v) is 7.64. The van der Waals surface area contributed by atoms with Crippen LogP contribution in [0.5, 0.6) is 0 Å². The van der Waals surface area contributed by atoms with Gasteiger partial charge in [-0.15, -0.1) is 0 Å². The maximum absolute atomic E-state index is 12.3. The number of β-amino-alcohol motifs (C(OH)–C–C–N with tert-alkyl or cyclic N) is 1. The van der Waals surface area contributed by atoms with Gasteiger partial charge in [0.15, 0.2) is 9.84 Å². The van der Waals surface area contributed by atoms with E-state index in [0.717, 1.165) is 12.7 Å². The zero-order chi connectivity index (χ0) is 15.0. The number of carbonyl (C=O) groups is 1. The van der Waals surface area contributed by atoms with E-state index in [4.69, 9.17) is 0 Å². The zero-order valence-electron chi connectivity index (χ0n) is 11.7. The average Bonchev–Trinajstić information content (AvgIpc) is 2.36. The molecule has 2 rings (SSSR count). The number of aliphatic hydroxyl groups is 1. The van der Waals surface area contributed by atoms with Crippen molar-refractivity contribution >= 4 is 15.7 Å². The normalized spacial score (nSPS) is 23.6. The summed E-state index contributed by atoms with van der Waals surface area (Å²) in [6.07, 6.45) is 2.58. The highest BCUT2D eigenvalue weighted by molar-refractivity contribution is 7.90. The SMILES string of the molecule is CC1(O)CCCN(C(=O)c2ccc(S(C)(=O)=O)cc2)C1. The number of piperidine rings is 1. The molecule has 6 heteroatoms. The summed E-state index contributed by atoms with van der Waals surface area (Å²) in [5, 5.41) is 10.0. The molecule has 0 radical (unpaired) electrons. The Hall–Kier alpha value is -1.40. The van der Waals surface area contributed by atoms with E-state index in [1.807, 2.05) is 0 Å². The van der Waals surface area contributed by atoms with Crippen LogP contribution in [0.2, 0.25) is 0 Å². The lowest BCUT2D eigenvalue weighted by molar-refractivity contribution is -0.0107. The first-order chi connectivity index (χ1) is 9.19. The largest absolute Gasteiger partial charge is 0.388 e. The molecule has 1 aromatic rings. The van der Waals surface area contributed by atoms with Crippen molar-refractivity contribution in [2.45, 2.75) is 30.3 Å². The van der Waals surface area contributed by atoms with Crippen LogP contribution < -0.4 is 0 Å². The van der Waals surface area contributed by atoms with Crippen LogP contribution in [0.1, 0.15) is 30.1 Å². The summed E-state index contributed by atoms with van der Waals surface area (Å²) in [6, 6.07) is 5.90. The maximum atomic E-state index is 12.3. The number of amides is 1. The summed E-state index contributed by atoms with van der Waals surface area (Å²) in [6.45, 7) is 2.64. The highest BCUT2D eigenvalue weighted by Gasteiger charge is 2.31. The van der Waals surface area contributed by atoms with E-state index < -0.39 is 15.4 Å². The van der Waals surface area contributed by atoms with Gasteiger partial charge in [0.05, 0.1) is 10.5 Å². The predicted octanol–water partition coefficient (Wildman–Crippen LogP) is 1.08. The van der Waals surface area contributed by atoms with Crippen LogP contribution in [0.3, 0.4) is 0 Å². The maximum Gasteiger partial charge on any atom is 0.253 e. The Kier molecular flexibility index (Phi) is 3.88. The van der Waals surface area contributed by atoms with Gasteiger partial charge in [-0.25, -0.2) is 8.42 Å². The Balaban J connectivity index is 2.17. The minimum Gasteiger partial charge on any atom is -0.388 e. The molecule has 1 N–H and O–H groups in total. The third kappa shape index (κ3) is 3.37. The summed E-state index contributed by atoms with van der Waals surface area (Å²) in [5.74, 6) is -0.176. The molecule has 0 saturated carbocycles. The molecular weight excluding hydrogens is 278 g/mol. The molecule has 5 nitrogen and oxygen atoms in total. The average molecular weight is 297 g/mol. The monoisotopic (exact) mass is 297 g/mol. The van der Waals surface area contributed by atoms with Gasteiger partial charge in [-0.05, 0) is 44.0 Å². The number of nitrogens with zero attached hydrogens (tertiary/aromatic N) is 1. The van der Waals surface area contributed by atoms with Gasteiger partial charge < -0.3 is 10.0 Å². The first-order valence-electron chi connectivity index (χ1n) is 6.51. The Morgan fingerprint density at radius 2 is 1.90 bits per heavy atom. The van der Waals surface area contributed by atoms with Crippen molar-refractivity contribution in [2.24, 2.45) is 0 Å².